The second-order valence-corrected chi connectivity index (χ2v) is 8.94. The summed E-state index contributed by atoms with van der Waals surface area (Å²) in [4.78, 5) is 31.4. The van der Waals surface area contributed by atoms with E-state index in [1.165, 1.54) is 0 Å². The molecule has 6 nitrogen and oxygen atoms in total. The molecule has 5 rings (SSSR count). The summed E-state index contributed by atoms with van der Waals surface area (Å²) in [6, 6.07) is 16.4. The molecule has 1 atom stereocenters. The Hall–Kier alpha value is -3.71. The third kappa shape index (κ3) is 3.94. The molecule has 7 heteroatoms. The van der Waals surface area contributed by atoms with E-state index >= 15 is 0 Å². The summed E-state index contributed by atoms with van der Waals surface area (Å²) < 4.78 is 2.00. The Labute approximate surface area is 189 Å². The maximum absolute atomic E-state index is 13.4. The molecule has 1 unspecified atom stereocenters. The lowest BCUT2D eigenvalue weighted by Crippen LogP contribution is -2.23. The largest absolute Gasteiger partial charge is 0.369 e. The number of nitrogens with zero attached hydrogens (tertiary/aromatic N) is 2. The lowest BCUT2D eigenvalue weighted by Gasteiger charge is -2.17. The Kier molecular flexibility index (Phi) is 5.33. The molecular formula is C25H22N4O2S. The molecule has 1 aliphatic rings. The number of carbonyl (C=O) groups excluding carboxylic acids is 2. The van der Waals surface area contributed by atoms with Crippen LogP contribution < -0.4 is 10.6 Å². The van der Waals surface area contributed by atoms with E-state index in [0.29, 0.717) is 30.0 Å². The van der Waals surface area contributed by atoms with Gasteiger partial charge in [0.05, 0.1) is 13.0 Å². The van der Waals surface area contributed by atoms with Crippen molar-refractivity contribution in [2.24, 2.45) is 0 Å². The van der Waals surface area contributed by atoms with Gasteiger partial charge in [0.15, 0.2) is 5.78 Å². The van der Waals surface area contributed by atoms with Gasteiger partial charge < -0.3 is 15.2 Å². The number of aromatic nitrogens is 2. The normalized spacial score (nSPS) is 14.6. The Morgan fingerprint density at radius 1 is 1.16 bits per heavy atom. The number of benzene rings is 2. The number of aryl methyl sites for hydroxylation is 1. The molecule has 3 heterocycles. The van der Waals surface area contributed by atoms with E-state index in [9.17, 15) is 9.59 Å². The molecule has 2 aromatic heterocycles. The van der Waals surface area contributed by atoms with Crippen LogP contribution in [-0.2, 0) is 17.8 Å². The molecule has 0 spiro atoms. The Morgan fingerprint density at radius 3 is 2.75 bits per heavy atom. The molecule has 1 amide bonds. The lowest BCUT2D eigenvalue weighted by atomic mass is 10.0. The number of anilines is 2. The number of hydrogen-bond donors (Lipinski definition) is 2. The van der Waals surface area contributed by atoms with Crippen LogP contribution in [0.15, 0.2) is 72.4 Å². The summed E-state index contributed by atoms with van der Waals surface area (Å²) in [5.74, 6) is 0.547. The van der Waals surface area contributed by atoms with Crippen LogP contribution in [0.2, 0.25) is 0 Å². The number of amides is 1. The lowest BCUT2D eigenvalue weighted by molar-refractivity contribution is -0.115. The van der Waals surface area contributed by atoms with Gasteiger partial charge in [-0.05, 0) is 59.8 Å². The molecule has 0 radical (unpaired) electrons. The fourth-order valence-electron chi connectivity index (χ4n) is 3.96. The third-order valence-corrected chi connectivity index (χ3v) is 6.58. The van der Waals surface area contributed by atoms with Gasteiger partial charge in [-0.1, -0.05) is 18.2 Å². The maximum atomic E-state index is 13.4. The zero-order valence-electron chi connectivity index (χ0n) is 17.5. The summed E-state index contributed by atoms with van der Waals surface area (Å²) in [5, 5.41) is 8.27. The smallest absolute Gasteiger partial charge is 0.228 e. The van der Waals surface area contributed by atoms with Gasteiger partial charge in [0, 0.05) is 34.2 Å². The second-order valence-electron chi connectivity index (χ2n) is 7.82. The summed E-state index contributed by atoms with van der Waals surface area (Å²) in [5.41, 5.74) is 4.31. The highest BCUT2D eigenvalue weighted by atomic mass is 32.1. The van der Waals surface area contributed by atoms with Crippen molar-refractivity contribution >= 4 is 34.4 Å². The first-order valence-electron chi connectivity index (χ1n) is 10.4. The highest BCUT2D eigenvalue weighted by Gasteiger charge is 2.29. The molecule has 32 heavy (non-hydrogen) atoms. The van der Waals surface area contributed by atoms with Crippen molar-refractivity contribution in [2.75, 3.05) is 10.6 Å². The molecule has 0 fully saturated rings. The second kappa shape index (κ2) is 8.43. The van der Waals surface area contributed by atoms with E-state index in [1.54, 1.807) is 41.8 Å². The van der Waals surface area contributed by atoms with Crippen LogP contribution in [-0.4, -0.2) is 21.2 Å². The van der Waals surface area contributed by atoms with Crippen molar-refractivity contribution < 1.29 is 9.59 Å². The Bertz CT molecular complexity index is 1290. The number of nitrogens with one attached hydrogen (secondary N) is 2. The topological polar surface area (TPSA) is 76.0 Å². The minimum absolute atomic E-state index is 0.0686. The molecule has 0 bridgehead atoms. The van der Waals surface area contributed by atoms with Crippen molar-refractivity contribution in [3.05, 3.63) is 99.8 Å². The number of para-hydroxylation sites is 1. The van der Waals surface area contributed by atoms with E-state index in [1.807, 2.05) is 53.4 Å². The number of imidazole rings is 1. The van der Waals surface area contributed by atoms with Crippen molar-refractivity contribution in [2.45, 2.75) is 25.9 Å². The molecule has 160 valence electrons. The standard InChI is InChI=1S/C25H22N4O2S/c1-16-18(10-13-32-16)14-22(30)27-20-8-6-17(7-9-20)24(31)23-25-26-11-12-29(25)15-19-4-2-3-5-21(19)28-23/h2-13,23,28H,14-15H2,1H3,(H,27,30). The van der Waals surface area contributed by atoms with Gasteiger partial charge in [-0.25, -0.2) is 4.98 Å². The number of ketones is 1. The SMILES string of the molecule is Cc1sccc1CC(=O)Nc1ccc(C(=O)C2Nc3ccccc3Cn3ccnc32)cc1. The van der Waals surface area contributed by atoms with Crippen LogP contribution in [0, 0.1) is 6.92 Å². The zero-order chi connectivity index (χ0) is 22.1. The predicted molar refractivity (Wildman–Crippen MR) is 126 cm³/mol. The first-order chi connectivity index (χ1) is 15.6. The van der Waals surface area contributed by atoms with Gasteiger partial charge in [0.2, 0.25) is 5.91 Å². The van der Waals surface area contributed by atoms with Crippen molar-refractivity contribution in [1.29, 1.82) is 0 Å². The molecule has 0 aliphatic carbocycles. The van der Waals surface area contributed by atoms with Crippen LogP contribution in [0.25, 0.3) is 0 Å². The molecule has 0 saturated carbocycles. The molecule has 0 saturated heterocycles. The Morgan fingerprint density at radius 2 is 1.97 bits per heavy atom. The van der Waals surface area contributed by atoms with Crippen molar-refractivity contribution in [3.8, 4) is 0 Å². The summed E-state index contributed by atoms with van der Waals surface area (Å²) in [6.07, 6.45) is 3.95. The van der Waals surface area contributed by atoms with Gasteiger partial charge in [-0.15, -0.1) is 11.3 Å². The van der Waals surface area contributed by atoms with E-state index < -0.39 is 6.04 Å². The minimum Gasteiger partial charge on any atom is -0.369 e. The first-order valence-corrected chi connectivity index (χ1v) is 11.3. The number of fused-ring (bicyclic) bond motifs is 2. The summed E-state index contributed by atoms with van der Waals surface area (Å²) in [6.45, 7) is 2.68. The average molecular weight is 443 g/mol. The molecule has 1 aliphatic heterocycles. The number of rotatable bonds is 5. The van der Waals surface area contributed by atoms with E-state index in [0.717, 1.165) is 21.7 Å². The minimum atomic E-state index is -0.587. The number of carbonyl (C=O) groups is 2. The average Bonchev–Trinajstić information content (AvgIpc) is 3.38. The molecule has 2 aromatic carbocycles. The first kappa shape index (κ1) is 20.2. The van der Waals surface area contributed by atoms with Crippen molar-refractivity contribution in [1.82, 2.24) is 9.55 Å². The fourth-order valence-corrected chi connectivity index (χ4v) is 4.69. The van der Waals surface area contributed by atoms with Crippen LogP contribution in [0.5, 0.6) is 0 Å². The van der Waals surface area contributed by atoms with E-state index in [4.69, 9.17) is 0 Å². The van der Waals surface area contributed by atoms with Crippen LogP contribution >= 0.6 is 11.3 Å². The van der Waals surface area contributed by atoms with Crippen LogP contribution in [0.4, 0.5) is 11.4 Å². The van der Waals surface area contributed by atoms with Crippen LogP contribution in [0.1, 0.15) is 38.2 Å². The highest BCUT2D eigenvalue weighted by molar-refractivity contribution is 7.10. The molecule has 4 aromatic rings. The fraction of sp³-hybridized carbons (Fsp3) is 0.160. The third-order valence-electron chi connectivity index (χ3n) is 5.70. The zero-order valence-corrected chi connectivity index (χ0v) is 18.4. The maximum Gasteiger partial charge on any atom is 0.228 e. The van der Waals surface area contributed by atoms with Gasteiger partial charge in [0.1, 0.15) is 11.9 Å². The van der Waals surface area contributed by atoms with Gasteiger partial charge >= 0.3 is 0 Å². The summed E-state index contributed by atoms with van der Waals surface area (Å²) >= 11 is 1.63. The number of thiophene rings is 1. The van der Waals surface area contributed by atoms with Gasteiger partial charge in [-0.3, -0.25) is 9.59 Å². The number of Topliss-reactive ketones (excluding diaryl/α,β-unsaturated/α-hetero) is 1. The van der Waals surface area contributed by atoms with E-state index in [2.05, 4.69) is 15.6 Å². The van der Waals surface area contributed by atoms with Crippen molar-refractivity contribution in [3.63, 3.8) is 0 Å². The monoisotopic (exact) mass is 442 g/mol. The molecule has 2 N–H and O–H groups in total. The summed E-state index contributed by atoms with van der Waals surface area (Å²) in [7, 11) is 0. The van der Waals surface area contributed by atoms with Gasteiger partial charge in [-0.2, -0.15) is 0 Å². The predicted octanol–water partition coefficient (Wildman–Crippen LogP) is 4.83. The molecular weight excluding hydrogens is 420 g/mol. The quantitative estimate of drug-likeness (QED) is 0.434. The number of hydrogen-bond acceptors (Lipinski definition) is 5. The highest BCUT2D eigenvalue weighted by Crippen LogP contribution is 2.30. The van der Waals surface area contributed by atoms with Gasteiger partial charge in [0.25, 0.3) is 0 Å². The Balaban J connectivity index is 1.34. The van der Waals surface area contributed by atoms with E-state index in [-0.39, 0.29) is 11.7 Å². The van der Waals surface area contributed by atoms with Crippen LogP contribution in [0.3, 0.4) is 0 Å².